The number of fused-ring (bicyclic) bond motifs is 1. The van der Waals surface area contributed by atoms with Crippen LogP contribution in [0.15, 0.2) is 54.7 Å². The summed E-state index contributed by atoms with van der Waals surface area (Å²) in [5.41, 5.74) is 4.14. The molecular weight excluding hydrogens is 442 g/mol. The van der Waals surface area contributed by atoms with Crippen molar-refractivity contribution in [2.24, 2.45) is 5.41 Å². The van der Waals surface area contributed by atoms with Gasteiger partial charge in [0.2, 0.25) is 5.91 Å². The van der Waals surface area contributed by atoms with E-state index < -0.39 is 0 Å². The van der Waals surface area contributed by atoms with E-state index in [4.69, 9.17) is 4.74 Å². The summed E-state index contributed by atoms with van der Waals surface area (Å²) in [6.45, 7) is 8.13. The van der Waals surface area contributed by atoms with E-state index in [9.17, 15) is 9.59 Å². The molecule has 3 aromatic rings. The molecule has 188 valence electrons. The van der Waals surface area contributed by atoms with Crippen LogP contribution in [-0.4, -0.2) is 51.0 Å². The Labute approximate surface area is 207 Å². The van der Waals surface area contributed by atoms with Crippen molar-refractivity contribution in [3.63, 3.8) is 0 Å². The van der Waals surface area contributed by atoms with Crippen LogP contribution in [-0.2, 0) is 9.59 Å². The minimum Gasteiger partial charge on any atom is -0.492 e. The molecule has 1 heterocycles. The van der Waals surface area contributed by atoms with Gasteiger partial charge in [-0.2, -0.15) is 0 Å². The van der Waals surface area contributed by atoms with E-state index in [2.05, 4.69) is 26.3 Å². The number of amides is 1. The second-order valence-electron chi connectivity index (χ2n) is 9.15. The molecule has 1 aromatic heterocycles. The van der Waals surface area contributed by atoms with Gasteiger partial charge >= 0.3 is 0 Å². The predicted octanol–water partition coefficient (Wildman–Crippen LogP) is 4.36. The first kappa shape index (κ1) is 27.6. The third-order valence-electron chi connectivity index (χ3n) is 4.87. The number of ether oxygens (including phenoxy) is 1. The van der Waals surface area contributed by atoms with Crippen molar-refractivity contribution < 1.29 is 14.3 Å². The number of benzene rings is 2. The highest BCUT2D eigenvalue weighted by Crippen LogP contribution is 2.28. The smallest absolute Gasteiger partial charge is 0.227 e. The topological polar surface area (TPSA) is 104 Å². The van der Waals surface area contributed by atoms with Crippen molar-refractivity contribution in [3.05, 3.63) is 54.7 Å². The summed E-state index contributed by atoms with van der Waals surface area (Å²) in [7, 11) is 3.82. The van der Waals surface area contributed by atoms with Crippen molar-refractivity contribution in [2.45, 2.75) is 27.2 Å². The third-order valence-corrected chi connectivity index (χ3v) is 4.87. The van der Waals surface area contributed by atoms with Crippen molar-refractivity contribution >= 4 is 40.2 Å². The maximum absolute atomic E-state index is 10.7. The average Bonchev–Trinajstić information content (AvgIpc) is 2.84. The van der Waals surface area contributed by atoms with E-state index in [-0.39, 0.29) is 17.7 Å². The number of likely N-dealkylation sites (N-methyl/N-ethyl adjacent to an activating group) is 1. The van der Waals surface area contributed by atoms with Gasteiger partial charge in [-0.05, 0) is 54.9 Å². The van der Waals surface area contributed by atoms with E-state index >= 15 is 0 Å². The molecule has 35 heavy (non-hydrogen) atoms. The number of carbonyl (C=O) groups excluding carboxylic acids is 2. The molecule has 0 unspecified atom stereocenters. The normalized spacial score (nSPS) is 10.7. The van der Waals surface area contributed by atoms with Crippen LogP contribution in [0.1, 0.15) is 27.2 Å². The lowest BCUT2D eigenvalue weighted by Crippen LogP contribution is -2.32. The van der Waals surface area contributed by atoms with Gasteiger partial charge in [-0.1, -0.05) is 20.8 Å². The minimum atomic E-state index is -0.199. The summed E-state index contributed by atoms with van der Waals surface area (Å²) < 4.78 is 5.71. The quantitative estimate of drug-likeness (QED) is 0.195. The summed E-state index contributed by atoms with van der Waals surface area (Å²) in [5.74, 6) is 0.635. The van der Waals surface area contributed by atoms with Gasteiger partial charge in [0.1, 0.15) is 18.6 Å². The monoisotopic (exact) mass is 479 g/mol. The fraction of sp³-hybridized carbons (Fsp3) is 0.370. The highest BCUT2D eigenvalue weighted by Gasteiger charge is 2.11. The number of aromatic nitrogens is 1. The Bertz CT molecular complexity index is 1080. The molecule has 0 fully saturated rings. The van der Waals surface area contributed by atoms with Gasteiger partial charge in [0.25, 0.3) is 0 Å². The SMILES string of the molecule is CC(C)(C)CNC(=O)CC=O.CNCCOc1ccc2c(Nc3ccc(NC)cc3)ccnc2c1. The molecule has 0 aliphatic rings. The van der Waals surface area contributed by atoms with E-state index in [0.717, 1.165) is 40.3 Å². The van der Waals surface area contributed by atoms with Crippen LogP contribution in [0.2, 0.25) is 0 Å². The highest BCUT2D eigenvalue weighted by molar-refractivity contribution is 5.93. The maximum atomic E-state index is 10.7. The van der Waals surface area contributed by atoms with Gasteiger partial charge in [-0.3, -0.25) is 9.78 Å². The van der Waals surface area contributed by atoms with Crippen LogP contribution in [0.25, 0.3) is 10.9 Å². The van der Waals surface area contributed by atoms with Crippen LogP contribution in [0.5, 0.6) is 5.75 Å². The molecular formula is C27H37N5O3. The zero-order valence-corrected chi connectivity index (χ0v) is 21.3. The lowest BCUT2D eigenvalue weighted by atomic mass is 9.97. The molecule has 4 N–H and O–H groups in total. The average molecular weight is 480 g/mol. The van der Waals surface area contributed by atoms with E-state index in [1.165, 1.54) is 0 Å². The number of carbonyl (C=O) groups is 2. The first-order valence-electron chi connectivity index (χ1n) is 11.7. The number of anilines is 3. The molecule has 0 bridgehead atoms. The van der Waals surface area contributed by atoms with E-state index in [1.54, 1.807) is 0 Å². The number of hydrogen-bond donors (Lipinski definition) is 4. The van der Waals surface area contributed by atoms with Gasteiger partial charge in [0.15, 0.2) is 0 Å². The molecule has 0 saturated heterocycles. The fourth-order valence-electron chi connectivity index (χ4n) is 2.98. The number of aldehydes is 1. The number of rotatable bonds is 10. The third kappa shape index (κ3) is 10.0. The number of nitrogens with zero attached hydrogens (tertiary/aromatic N) is 1. The number of hydrogen-bond acceptors (Lipinski definition) is 7. The molecule has 3 rings (SSSR count). The molecule has 0 atom stereocenters. The van der Waals surface area contributed by atoms with E-state index in [0.29, 0.717) is 19.4 Å². The lowest BCUT2D eigenvalue weighted by Gasteiger charge is -2.17. The van der Waals surface area contributed by atoms with Crippen molar-refractivity contribution in [1.82, 2.24) is 15.6 Å². The minimum absolute atomic E-state index is 0.0317. The van der Waals surface area contributed by atoms with Crippen LogP contribution >= 0.6 is 0 Å². The molecule has 0 radical (unpaired) electrons. The highest BCUT2D eigenvalue weighted by atomic mass is 16.5. The molecule has 8 heteroatoms. The molecule has 8 nitrogen and oxygen atoms in total. The molecule has 0 aliphatic heterocycles. The maximum Gasteiger partial charge on any atom is 0.227 e. The Hall–Kier alpha value is -3.65. The Morgan fingerprint density at radius 1 is 1.03 bits per heavy atom. The summed E-state index contributed by atoms with van der Waals surface area (Å²) in [5, 5.41) is 13.4. The molecule has 0 spiro atoms. The summed E-state index contributed by atoms with van der Waals surface area (Å²) >= 11 is 0. The standard InChI is InChI=1S/C19H22N4O.C8H15NO2/c1-20-11-12-24-16-7-8-17-18(9-10-22-19(17)13-16)23-15-5-3-14(21-2)4-6-15;1-8(2,3)6-9-7(11)4-5-10/h3-10,13,20-21H,11-12H2,1-2H3,(H,22,23);5H,4,6H2,1-3H3,(H,9,11). The Morgan fingerprint density at radius 3 is 2.37 bits per heavy atom. The lowest BCUT2D eigenvalue weighted by molar-refractivity contribution is -0.124. The largest absolute Gasteiger partial charge is 0.492 e. The molecule has 2 aromatic carbocycles. The number of pyridine rings is 1. The van der Waals surface area contributed by atoms with Crippen molar-refractivity contribution in [1.29, 1.82) is 0 Å². The zero-order valence-electron chi connectivity index (χ0n) is 21.3. The molecule has 0 saturated carbocycles. The fourth-order valence-corrected chi connectivity index (χ4v) is 2.98. The predicted molar refractivity (Wildman–Crippen MR) is 144 cm³/mol. The summed E-state index contributed by atoms with van der Waals surface area (Å²) in [6.07, 6.45) is 2.39. The van der Waals surface area contributed by atoms with Crippen LogP contribution in [0.4, 0.5) is 17.1 Å². The molecule has 1 amide bonds. The second kappa shape index (κ2) is 13.9. The van der Waals surface area contributed by atoms with Gasteiger partial charge in [-0.25, -0.2) is 0 Å². The van der Waals surface area contributed by atoms with Crippen molar-refractivity contribution in [3.8, 4) is 5.75 Å². The van der Waals surface area contributed by atoms with Crippen LogP contribution < -0.4 is 26.0 Å². The van der Waals surface area contributed by atoms with Gasteiger partial charge in [0, 0.05) is 54.8 Å². The Balaban J connectivity index is 0.000000334. The van der Waals surface area contributed by atoms with Crippen LogP contribution in [0.3, 0.4) is 0 Å². The second-order valence-corrected chi connectivity index (χ2v) is 9.15. The molecule has 0 aliphatic carbocycles. The van der Waals surface area contributed by atoms with Crippen LogP contribution in [0, 0.1) is 5.41 Å². The van der Waals surface area contributed by atoms with Gasteiger partial charge in [-0.15, -0.1) is 0 Å². The first-order chi connectivity index (χ1) is 16.8. The van der Waals surface area contributed by atoms with Gasteiger partial charge in [0.05, 0.1) is 11.9 Å². The van der Waals surface area contributed by atoms with Crippen molar-refractivity contribution in [2.75, 3.05) is 44.4 Å². The Morgan fingerprint density at radius 2 is 1.74 bits per heavy atom. The van der Waals surface area contributed by atoms with Gasteiger partial charge < -0.3 is 30.8 Å². The Kier molecular flexibility index (Phi) is 11.0. The number of nitrogens with one attached hydrogen (secondary N) is 4. The van der Waals surface area contributed by atoms with E-state index in [1.807, 2.05) is 89.6 Å². The first-order valence-corrected chi connectivity index (χ1v) is 11.7. The summed E-state index contributed by atoms with van der Waals surface area (Å²) in [4.78, 5) is 25.1. The summed E-state index contributed by atoms with van der Waals surface area (Å²) in [6, 6.07) is 16.2. The zero-order chi connectivity index (χ0) is 25.7.